The third kappa shape index (κ3) is 6.84. The van der Waals surface area contributed by atoms with Gasteiger partial charge in [-0.1, -0.05) is 70.0 Å². The van der Waals surface area contributed by atoms with Crippen molar-refractivity contribution in [2.45, 2.75) is 19.0 Å². The molecule has 3 rings (SSSR count). The highest BCUT2D eigenvalue weighted by Gasteiger charge is 2.30. The van der Waals surface area contributed by atoms with Gasteiger partial charge in [0, 0.05) is 29.5 Å². The Balaban J connectivity index is 1.86. The number of likely N-dealkylation sites (N-methyl/N-ethyl adjacent to an activating group) is 1. The van der Waals surface area contributed by atoms with Gasteiger partial charge in [-0.2, -0.15) is 0 Å². The highest BCUT2D eigenvalue weighted by atomic mass is 79.9. The molecule has 2 amide bonds. The van der Waals surface area contributed by atoms with Crippen molar-refractivity contribution in [3.8, 4) is 5.75 Å². The second-order valence-corrected chi connectivity index (χ2v) is 8.57. The van der Waals surface area contributed by atoms with Crippen LogP contribution in [0.1, 0.15) is 11.1 Å². The van der Waals surface area contributed by atoms with Crippen LogP contribution in [0.4, 0.5) is 0 Å². The van der Waals surface area contributed by atoms with Gasteiger partial charge in [0.1, 0.15) is 11.8 Å². The van der Waals surface area contributed by atoms with Crippen LogP contribution in [-0.2, 0) is 22.6 Å². The molecule has 0 aliphatic carbocycles. The van der Waals surface area contributed by atoms with Gasteiger partial charge in [0.05, 0.1) is 0 Å². The first kappa shape index (κ1) is 23.8. The smallest absolute Gasteiger partial charge is 0.261 e. The number of carbonyl (C=O) groups is 2. The van der Waals surface area contributed by atoms with Gasteiger partial charge in [0.2, 0.25) is 5.91 Å². The predicted octanol–water partition coefficient (Wildman–Crippen LogP) is 4.87. The van der Waals surface area contributed by atoms with Gasteiger partial charge in [-0.15, -0.1) is 0 Å². The topological polar surface area (TPSA) is 58.6 Å². The molecule has 1 N–H and O–H groups in total. The van der Waals surface area contributed by atoms with Gasteiger partial charge >= 0.3 is 0 Å². The first-order valence-corrected chi connectivity index (χ1v) is 11.3. The fourth-order valence-corrected chi connectivity index (χ4v) is 3.79. The molecule has 7 heteroatoms. The molecule has 0 bridgehead atoms. The molecular weight excluding hydrogens is 492 g/mol. The first-order valence-electron chi connectivity index (χ1n) is 10.1. The summed E-state index contributed by atoms with van der Waals surface area (Å²) in [5.74, 6) is 0.0362. The summed E-state index contributed by atoms with van der Waals surface area (Å²) >= 11 is 9.53. The van der Waals surface area contributed by atoms with Gasteiger partial charge in [0.15, 0.2) is 6.61 Å². The monoisotopic (exact) mass is 514 g/mol. The minimum atomic E-state index is -0.706. The van der Waals surface area contributed by atoms with E-state index in [1.165, 1.54) is 0 Å². The molecule has 0 saturated carbocycles. The number of nitrogens with one attached hydrogen (secondary N) is 1. The Hall–Kier alpha value is -2.83. The van der Waals surface area contributed by atoms with E-state index in [9.17, 15) is 9.59 Å². The highest BCUT2D eigenvalue weighted by Crippen LogP contribution is 2.19. The first-order chi connectivity index (χ1) is 15.5. The number of benzene rings is 3. The van der Waals surface area contributed by atoms with Crippen LogP contribution < -0.4 is 10.1 Å². The molecular formula is C25H24BrClN2O3. The van der Waals surface area contributed by atoms with Crippen LogP contribution in [0.25, 0.3) is 0 Å². The van der Waals surface area contributed by atoms with Crippen LogP contribution in [0.15, 0.2) is 83.3 Å². The number of hydrogen-bond acceptors (Lipinski definition) is 3. The summed E-state index contributed by atoms with van der Waals surface area (Å²) in [6.45, 7) is 0.0402. The molecule has 3 aromatic rings. The van der Waals surface area contributed by atoms with E-state index in [1.807, 2.05) is 54.6 Å². The van der Waals surface area contributed by atoms with Gasteiger partial charge in [-0.25, -0.2) is 0 Å². The average molecular weight is 516 g/mol. The Morgan fingerprint density at radius 2 is 1.69 bits per heavy atom. The molecule has 0 aliphatic heterocycles. The van der Waals surface area contributed by atoms with E-state index in [2.05, 4.69) is 21.2 Å². The zero-order valence-electron chi connectivity index (χ0n) is 17.6. The Kier molecular flexibility index (Phi) is 8.71. The molecule has 32 heavy (non-hydrogen) atoms. The zero-order chi connectivity index (χ0) is 22.9. The van der Waals surface area contributed by atoms with Crippen molar-refractivity contribution in [3.05, 3.63) is 99.5 Å². The van der Waals surface area contributed by atoms with Crippen LogP contribution in [0, 0.1) is 0 Å². The molecule has 1 atom stereocenters. The van der Waals surface area contributed by atoms with Gasteiger partial charge in [-0.3, -0.25) is 9.59 Å². The summed E-state index contributed by atoms with van der Waals surface area (Å²) in [4.78, 5) is 27.7. The van der Waals surface area contributed by atoms with Crippen LogP contribution in [0.3, 0.4) is 0 Å². The third-order valence-corrected chi connectivity index (χ3v) is 5.70. The number of ether oxygens (including phenoxy) is 1. The number of nitrogens with zero attached hydrogens (tertiary/aromatic N) is 1. The second kappa shape index (κ2) is 11.7. The SMILES string of the molecule is CNC(=O)[C@@H](Cc1ccccc1)N(Cc1cccc(Cl)c1)C(=O)COc1ccc(Br)cc1. The normalized spacial score (nSPS) is 11.5. The Morgan fingerprint density at radius 1 is 1.00 bits per heavy atom. The van der Waals surface area contributed by atoms with Crippen LogP contribution in [0.2, 0.25) is 5.02 Å². The number of hydrogen-bond donors (Lipinski definition) is 1. The van der Waals surface area contributed by atoms with Crippen molar-refractivity contribution < 1.29 is 14.3 Å². The van der Waals surface area contributed by atoms with Crippen molar-refractivity contribution in [2.75, 3.05) is 13.7 Å². The van der Waals surface area contributed by atoms with Gasteiger partial charge in [0.25, 0.3) is 5.91 Å². The number of halogens is 2. The Morgan fingerprint density at radius 3 is 2.34 bits per heavy atom. The number of carbonyl (C=O) groups excluding carboxylic acids is 2. The fraction of sp³-hybridized carbons (Fsp3) is 0.200. The van der Waals surface area contributed by atoms with Crippen molar-refractivity contribution >= 4 is 39.3 Å². The van der Waals surface area contributed by atoms with Gasteiger partial charge in [-0.05, 0) is 47.5 Å². The van der Waals surface area contributed by atoms with Crippen molar-refractivity contribution in [3.63, 3.8) is 0 Å². The van der Waals surface area contributed by atoms with Crippen molar-refractivity contribution in [1.29, 1.82) is 0 Å². The molecule has 0 saturated heterocycles. The minimum absolute atomic E-state index is 0.190. The molecule has 0 fully saturated rings. The zero-order valence-corrected chi connectivity index (χ0v) is 20.0. The maximum atomic E-state index is 13.3. The third-order valence-electron chi connectivity index (χ3n) is 4.94. The van der Waals surface area contributed by atoms with Crippen molar-refractivity contribution in [2.24, 2.45) is 0 Å². The van der Waals surface area contributed by atoms with E-state index in [1.54, 1.807) is 36.2 Å². The average Bonchev–Trinajstić information content (AvgIpc) is 2.81. The van der Waals surface area contributed by atoms with Crippen molar-refractivity contribution in [1.82, 2.24) is 10.2 Å². The Bertz CT molecular complexity index is 1040. The summed E-state index contributed by atoms with van der Waals surface area (Å²) in [5.41, 5.74) is 1.79. The van der Waals surface area contributed by atoms with Gasteiger partial charge < -0.3 is 15.0 Å². The largest absolute Gasteiger partial charge is 0.484 e. The molecule has 0 spiro atoms. The standard InChI is InChI=1S/C25H24BrClN2O3/c1-28-25(31)23(15-18-6-3-2-4-7-18)29(16-19-8-5-9-21(27)14-19)24(30)17-32-22-12-10-20(26)11-13-22/h2-14,23H,15-17H2,1H3,(H,28,31)/t23-/m1/s1. The molecule has 0 unspecified atom stereocenters. The maximum Gasteiger partial charge on any atom is 0.261 e. The quantitative estimate of drug-likeness (QED) is 0.442. The maximum absolute atomic E-state index is 13.3. The summed E-state index contributed by atoms with van der Waals surface area (Å²) in [6.07, 6.45) is 0.380. The summed E-state index contributed by atoms with van der Waals surface area (Å²) in [5, 5.41) is 3.26. The van der Waals surface area contributed by atoms with Crippen LogP contribution >= 0.6 is 27.5 Å². The lowest BCUT2D eigenvalue weighted by atomic mass is 10.0. The molecule has 3 aromatic carbocycles. The highest BCUT2D eigenvalue weighted by molar-refractivity contribution is 9.10. The predicted molar refractivity (Wildman–Crippen MR) is 130 cm³/mol. The molecule has 5 nitrogen and oxygen atoms in total. The van der Waals surface area contributed by atoms with E-state index in [0.717, 1.165) is 15.6 Å². The lowest BCUT2D eigenvalue weighted by Gasteiger charge is -2.31. The molecule has 0 aliphatic rings. The molecule has 0 heterocycles. The summed E-state index contributed by atoms with van der Waals surface area (Å²) in [7, 11) is 1.57. The molecule has 0 radical (unpaired) electrons. The summed E-state index contributed by atoms with van der Waals surface area (Å²) in [6, 6.07) is 23.4. The van der Waals surface area contributed by atoms with E-state index in [-0.39, 0.29) is 25.0 Å². The minimum Gasteiger partial charge on any atom is -0.484 e. The fourth-order valence-electron chi connectivity index (χ4n) is 3.31. The van der Waals surface area contributed by atoms with Crippen LogP contribution in [0.5, 0.6) is 5.75 Å². The lowest BCUT2D eigenvalue weighted by Crippen LogP contribution is -2.51. The number of amides is 2. The van der Waals surface area contributed by atoms with E-state index < -0.39 is 6.04 Å². The molecule has 166 valence electrons. The lowest BCUT2D eigenvalue weighted by molar-refractivity contribution is -0.142. The van der Waals surface area contributed by atoms with E-state index in [4.69, 9.17) is 16.3 Å². The second-order valence-electron chi connectivity index (χ2n) is 7.21. The van der Waals surface area contributed by atoms with Crippen LogP contribution in [-0.4, -0.2) is 36.4 Å². The Labute approximate surface area is 201 Å². The molecule has 0 aromatic heterocycles. The number of rotatable bonds is 9. The summed E-state index contributed by atoms with van der Waals surface area (Å²) < 4.78 is 6.63. The van der Waals surface area contributed by atoms with E-state index in [0.29, 0.717) is 17.2 Å². The van der Waals surface area contributed by atoms with E-state index >= 15 is 0 Å².